The van der Waals surface area contributed by atoms with Crippen LogP contribution in [0.1, 0.15) is 24.1 Å². The van der Waals surface area contributed by atoms with Gasteiger partial charge in [-0.3, -0.25) is 0 Å². The highest BCUT2D eigenvalue weighted by atomic mass is 19.1. The number of hydrogen-bond donors (Lipinski definition) is 1. The molecule has 2 aromatic rings. The van der Waals surface area contributed by atoms with E-state index < -0.39 is 5.82 Å². The lowest BCUT2D eigenvalue weighted by molar-refractivity contribution is 0.290. The molecule has 1 unspecified atom stereocenters. The van der Waals surface area contributed by atoms with Gasteiger partial charge in [0.2, 0.25) is 0 Å². The predicted octanol–water partition coefficient (Wildman–Crippen LogP) is 3.56. The van der Waals surface area contributed by atoms with Gasteiger partial charge in [-0.1, -0.05) is 18.2 Å². The van der Waals surface area contributed by atoms with Crippen molar-refractivity contribution in [2.75, 3.05) is 0 Å². The van der Waals surface area contributed by atoms with E-state index in [0.29, 0.717) is 5.56 Å². The molecule has 100 valence electrons. The molecule has 0 heterocycles. The first-order valence-corrected chi connectivity index (χ1v) is 5.98. The van der Waals surface area contributed by atoms with Crippen LogP contribution in [-0.2, 0) is 6.61 Å². The zero-order chi connectivity index (χ0) is 13.8. The average molecular weight is 263 g/mol. The van der Waals surface area contributed by atoms with E-state index in [0.717, 1.165) is 5.56 Å². The lowest BCUT2D eigenvalue weighted by Gasteiger charge is -2.10. The quantitative estimate of drug-likeness (QED) is 0.915. The third kappa shape index (κ3) is 3.51. The van der Waals surface area contributed by atoms with Gasteiger partial charge in [0.25, 0.3) is 0 Å². The van der Waals surface area contributed by atoms with Crippen LogP contribution in [0.5, 0.6) is 5.75 Å². The lowest BCUT2D eigenvalue weighted by Crippen LogP contribution is -2.06. The number of rotatable bonds is 4. The fourth-order valence-electron chi connectivity index (χ4n) is 1.66. The van der Waals surface area contributed by atoms with Gasteiger partial charge in [-0.15, -0.1) is 0 Å². The second-order valence-corrected chi connectivity index (χ2v) is 4.39. The molecule has 0 radical (unpaired) electrons. The van der Waals surface area contributed by atoms with Crippen molar-refractivity contribution >= 4 is 0 Å². The molecule has 0 aromatic heterocycles. The van der Waals surface area contributed by atoms with Crippen LogP contribution in [0.3, 0.4) is 0 Å². The Morgan fingerprint density at radius 3 is 2.37 bits per heavy atom. The molecule has 0 aliphatic carbocycles. The topological polar surface area (TPSA) is 35.2 Å². The maximum absolute atomic E-state index is 13.7. The highest BCUT2D eigenvalue weighted by Crippen LogP contribution is 2.22. The van der Waals surface area contributed by atoms with E-state index in [9.17, 15) is 8.78 Å². The number of ether oxygens (including phenoxy) is 1. The van der Waals surface area contributed by atoms with Crippen molar-refractivity contribution < 1.29 is 13.5 Å². The first-order chi connectivity index (χ1) is 9.06. The molecule has 0 amide bonds. The second-order valence-electron chi connectivity index (χ2n) is 4.39. The zero-order valence-electron chi connectivity index (χ0n) is 10.6. The Bertz CT molecular complexity index is 553. The van der Waals surface area contributed by atoms with Crippen molar-refractivity contribution in [1.29, 1.82) is 0 Å². The van der Waals surface area contributed by atoms with Crippen molar-refractivity contribution in [1.82, 2.24) is 0 Å². The van der Waals surface area contributed by atoms with Crippen LogP contribution in [0.4, 0.5) is 8.78 Å². The summed E-state index contributed by atoms with van der Waals surface area (Å²) in [4.78, 5) is 0. The molecule has 0 aliphatic heterocycles. The van der Waals surface area contributed by atoms with Gasteiger partial charge in [0.15, 0.2) is 11.6 Å². The Morgan fingerprint density at radius 2 is 1.79 bits per heavy atom. The number of hydrogen-bond acceptors (Lipinski definition) is 2. The molecule has 2 rings (SSSR count). The number of benzene rings is 2. The van der Waals surface area contributed by atoms with Crippen molar-refractivity contribution in [3.63, 3.8) is 0 Å². The summed E-state index contributed by atoms with van der Waals surface area (Å²) in [5.41, 5.74) is 7.16. The van der Waals surface area contributed by atoms with E-state index in [4.69, 9.17) is 10.5 Å². The monoisotopic (exact) mass is 263 g/mol. The van der Waals surface area contributed by atoms with Crippen LogP contribution in [-0.4, -0.2) is 0 Å². The molecule has 0 saturated carbocycles. The standard InChI is InChI=1S/C15H15F2NO/c1-10(18)12-4-7-15(14(17)8-12)19-9-11-2-5-13(16)6-3-11/h2-8,10H,9,18H2,1H3. The van der Waals surface area contributed by atoms with E-state index in [-0.39, 0.29) is 24.2 Å². The van der Waals surface area contributed by atoms with Crippen molar-refractivity contribution in [2.45, 2.75) is 19.6 Å². The molecular formula is C15H15F2NO. The van der Waals surface area contributed by atoms with E-state index in [2.05, 4.69) is 0 Å². The minimum absolute atomic E-state index is 0.161. The fraction of sp³-hybridized carbons (Fsp3) is 0.200. The number of nitrogens with two attached hydrogens (primary N) is 1. The SMILES string of the molecule is CC(N)c1ccc(OCc2ccc(F)cc2)c(F)c1. The van der Waals surface area contributed by atoms with Crippen LogP contribution in [0.25, 0.3) is 0 Å². The van der Waals surface area contributed by atoms with Crippen LogP contribution in [0.2, 0.25) is 0 Å². The first-order valence-electron chi connectivity index (χ1n) is 5.98. The Balaban J connectivity index is 2.05. The molecule has 1 atom stereocenters. The van der Waals surface area contributed by atoms with E-state index >= 15 is 0 Å². The van der Waals surface area contributed by atoms with Gasteiger partial charge in [-0.2, -0.15) is 0 Å². The highest BCUT2D eigenvalue weighted by Gasteiger charge is 2.07. The highest BCUT2D eigenvalue weighted by molar-refractivity contribution is 5.31. The van der Waals surface area contributed by atoms with Gasteiger partial charge in [-0.25, -0.2) is 8.78 Å². The third-order valence-corrected chi connectivity index (χ3v) is 2.79. The molecule has 2 N–H and O–H groups in total. The van der Waals surface area contributed by atoms with Crippen molar-refractivity contribution in [3.05, 3.63) is 65.2 Å². The largest absolute Gasteiger partial charge is 0.486 e. The summed E-state index contributed by atoms with van der Waals surface area (Å²) in [7, 11) is 0. The maximum Gasteiger partial charge on any atom is 0.165 e. The van der Waals surface area contributed by atoms with Gasteiger partial charge in [0, 0.05) is 6.04 Å². The summed E-state index contributed by atoms with van der Waals surface area (Å²) < 4.78 is 31.8. The third-order valence-electron chi connectivity index (χ3n) is 2.79. The minimum Gasteiger partial charge on any atom is -0.486 e. The molecule has 4 heteroatoms. The summed E-state index contributed by atoms with van der Waals surface area (Å²) in [5, 5.41) is 0. The minimum atomic E-state index is -0.447. The van der Waals surface area contributed by atoms with Crippen LogP contribution < -0.4 is 10.5 Å². The molecule has 2 nitrogen and oxygen atoms in total. The molecule has 0 aliphatic rings. The predicted molar refractivity (Wildman–Crippen MR) is 69.7 cm³/mol. The Labute approximate surface area is 110 Å². The first kappa shape index (κ1) is 13.5. The second kappa shape index (κ2) is 5.80. The van der Waals surface area contributed by atoms with E-state index in [1.165, 1.54) is 18.2 Å². The zero-order valence-corrected chi connectivity index (χ0v) is 10.6. The summed E-state index contributed by atoms with van der Waals surface area (Å²) in [5.74, 6) is -0.596. The van der Waals surface area contributed by atoms with Crippen LogP contribution >= 0.6 is 0 Å². The molecule has 0 bridgehead atoms. The van der Waals surface area contributed by atoms with Crippen molar-refractivity contribution in [2.24, 2.45) is 5.73 Å². The smallest absolute Gasteiger partial charge is 0.165 e. The van der Waals surface area contributed by atoms with Gasteiger partial charge < -0.3 is 10.5 Å². The number of halogens is 2. The molecule has 0 spiro atoms. The van der Waals surface area contributed by atoms with Gasteiger partial charge in [0.05, 0.1) is 0 Å². The van der Waals surface area contributed by atoms with Crippen LogP contribution in [0, 0.1) is 11.6 Å². The normalized spacial score (nSPS) is 12.2. The maximum atomic E-state index is 13.7. The van der Waals surface area contributed by atoms with E-state index in [1.54, 1.807) is 31.2 Å². The summed E-state index contributed by atoms with van der Waals surface area (Å²) in [6, 6.07) is 10.3. The average Bonchev–Trinajstić information content (AvgIpc) is 2.39. The molecule has 19 heavy (non-hydrogen) atoms. The van der Waals surface area contributed by atoms with Gasteiger partial charge in [0.1, 0.15) is 12.4 Å². The van der Waals surface area contributed by atoms with Crippen molar-refractivity contribution in [3.8, 4) is 5.75 Å². The Kier molecular flexibility index (Phi) is 4.12. The Morgan fingerprint density at radius 1 is 1.11 bits per heavy atom. The molecule has 0 fully saturated rings. The van der Waals surface area contributed by atoms with E-state index in [1.807, 2.05) is 0 Å². The van der Waals surface area contributed by atoms with Crippen LogP contribution in [0.15, 0.2) is 42.5 Å². The van der Waals surface area contributed by atoms with Gasteiger partial charge >= 0.3 is 0 Å². The summed E-state index contributed by atoms with van der Waals surface area (Å²) in [6.07, 6.45) is 0. The lowest BCUT2D eigenvalue weighted by atomic mass is 10.1. The molecular weight excluding hydrogens is 248 g/mol. The van der Waals surface area contributed by atoms with Gasteiger partial charge in [-0.05, 0) is 42.3 Å². The Hall–Kier alpha value is -1.94. The summed E-state index contributed by atoms with van der Waals surface area (Å²) >= 11 is 0. The fourth-order valence-corrected chi connectivity index (χ4v) is 1.66. The summed E-state index contributed by atoms with van der Waals surface area (Å²) in [6.45, 7) is 1.97. The molecule has 2 aromatic carbocycles. The molecule has 0 saturated heterocycles.